The normalized spacial score (nSPS) is 49.7. The molecular weight excluding hydrogens is 1670 g/mol. The Bertz CT molecular complexity index is 3290. The molecule has 706 valence electrons. The summed E-state index contributed by atoms with van der Waals surface area (Å²) in [6.45, 7) is -4.83. The van der Waals surface area contributed by atoms with Gasteiger partial charge in [0.05, 0.1) is 65.6 Å². The lowest BCUT2D eigenvalue weighted by Gasteiger charge is -2.51. The predicted molar refractivity (Wildman–Crippen MR) is 375 cm³/mol. The lowest BCUT2D eigenvalue weighted by atomic mass is 9.93. The Morgan fingerprint density at radius 1 is 0.230 bits per heavy atom. The number of aliphatic hydroxyl groups is 27. The molecule has 10 aliphatic rings. The number of carbonyl (C=O) groups is 4. The molecule has 5 unspecified atom stereocenters. The third kappa shape index (κ3) is 22.0. The van der Waals surface area contributed by atoms with E-state index in [2.05, 4.69) is 21.3 Å². The van der Waals surface area contributed by atoms with Gasteiger partial charge < -0.3 is 249 Å². The highest BCUT2D eigenvalue weighted by Gasteiger charge is 2.62. The molecule has 50 atom stereocenters. The van der Waals surface area contributed by atoms with Crippen LogP contribution in [-0.2, 0) is 109 Å². The van der Waals surface area contributed by atoms with E-state index < -0.39 is 390 Å². The van der Waals surface area contributed by atoms with E-state index in [1.165, 1.54) is 6.92 Å². The van der Waals surface area contributed by atoms with Crippen molar-refractivity contribution < 1.29 is 247 Å². The minimum Gasteiger partial charge on any atom is -0.394 e. The molecule has 0 aromatic carbocycles. The quantitative estimate of drug-likeness (QED) is 0.0306. The number of rotatable bonds is 31. The van der Waals surface area contributed by atoms with Gasteiger partial charge in [-0.05, 0) is 6.92 Å². The summed E-state index contributed by atoms with van der Waals surface area (Å²) < 4.78 is 113. The van der Waals surface area contributed by atoms with Crippen LogP contribution in [0.3, 0.4) is 0 Å². The third-order valence-electron chi connectivity index (χ3n) is 22.4. The van der Waals surface area contributed by atoms with Crippen molar-refractivity contribution in [2.75, 3.05) is 59.5 Å². The fraction of sp³-hybridized carbons (Fsp3) is 0.941. The van der Waals surface area contributed by atoms with Gasteiger partial charge in [-0.1, -0.05) is 0 Å². The molecule has 54 nitrogen and oxygen atoms in total. The van der Waals surface area contributed by atoms with Crippen molar-refractivity contribution in [1.82, 2.24) is 21.3 Å². The van der Waals surface area contributed by atoms with Gasteiger partial charge in [-0.3, -0.25) is 19.2 Å². The van der Waals surface area contributed by atoms with Crippen LogP contribution in [0.25, 0.3) is 0 Å². The fourth-order valence-corrected chi connectivity index (χ4v) is 15.8. The van der Waals surface area contributed by atoms with Crippen LogP contribution >= 0.6 is 0 Å². The number of amides is 4. The highest BCUT2D eigenvalue weighted by atomic mass is 16.8. The number of carbonyl (C=O) groups excluding carboxylic acids is 4. The van der Waals surface area contributed by atoms with E-state index in [0.717, 1.165) is 27.7 Å². The summed E-state index contributed by atoms with van der Waals surface area (Å²) in [5.74, 6) is -3.76. The molecule has 0 aromatic rings. The summed E-state index contributed by atoms with van der Waals surface area (Å²) in [5, 5.41) is 310. The van der Waals surface area contributed by atoms with Crippen molar-refractivity contribution in [3.05, 3.63) is 0 Å². The summed E-state index contributed by atoms with van der Waals surface area (Å²) in [4.78, 5) is 51.6. The average molecular weight is 1790 g/mol. The SMILES string of the molecule is CC(=O)N[C@@H]1[C@@H](O)[C@H](O[C@@H]2O[C@H](CO)[C@@H](O[C@@H]3O[C@H](CO[C@H]4O[C@H](CO)[C@@H](O)[C@H](O)[C@@H]4OC4O[C@H](CO)[C@@H](OC5O[C@H](CO)[C@H](O)[C@H](O)[C@H]5O)[C@H](O)[C@H]4NC(C)=O)[C@@H](O)[C@H](O[C@H]4O[C@H](CO)[C@@H](O)[C@H](O)[C@@H]4OC4O[C@H](CO)[C@@H](OC5O[C@H](CO)[C@H](O)[C@H](O)[C@H]5O)[C@H](O)[C@@H]4NC(C)=O)[C@@H]3O)[C@H](O)[C@H]2NC(C)=O)[C@@H](COC2O[C@@H](C)[C@@H](O)[C@@H](O)[C@@H]2O)O[C@H]1O. The highest BCUT2D eigenvalue weighted by molar-refractivity contribution is 5.74. The largest absolute Gasteiger partial charge is 0.394 e. The number of nitrogens with one attached hydrogen (secondary N) is 4. The maximum absolute atomic E-state index is 13.3. The first-order valence-electron chi connectivity index (χ1n) is 39.0. The Morgan fingerprint density at radius 2 is 0.500 bits per heavy atom. The van der Waals surface area contributed by atoms with Crippen molar-refractivity contribution in [2.24, 2.45) is 0 Å². The second-order valence-electron chi connectivity index (χ2n) is 31.0. The van der Waals surface area contributed by atoms with Gasteiger partial charge in [0.15, 0.2) is 62.9 Å². The van der Waals surface area contributed by atoms with Crippen LogP contribution < -0.4 is 21.3 Å². The Kier molecular flexibility index (Phi) is 35.8. The first-order valence-corrected chi connectivity index (χ1v) is 39.0. The molecular formula is C68H114N4O50. The van der Waals surface area contributed by atoms with Crippen LogP contribution in [0, 0.1) is 0 Å². The van der Waals surface area contributed by atoms with E-state index >= 15 is 0 Å². The first kappa shape index (κ1) is 100. The molecule has 10 rings (SSSR count). The molecule has 122 heavy (non-hydrogen) atoms. The second-order valence-corrected chi connectivity index (χ2v) is 31.0. The topological polar surface area (TPSA) is 838 Å². The molecule has 0 saturated carbocycles. The molecule has 4 amide bonds. The van der Waals surface area contributed by atoms with Gasteiger partial charge in [-0.15, -0.1) is 0 Å². The smallest absolute Gasteiger partial charge is 0.217 e. The van der Waals surface area contributed by atoms with E-state index in [-0.39, 0.29) is 0 Å². The molecule has 10 heterocycles. The van der Waals surface area contributed by atoms with Gasteiger partial charge in [0.25, 0.3) is 0 Å². The van der Waals surface area contributed by atoms with Gasteiger partial charge in [-0.25, -0.2) is 0 Å². The Labute approximate surface area is 691 Å². The van der Waals surface area contributed by atoms with Crippen LogP contribution in [0.15, 0.2) is 0 Å². The molecule has 54 heteroatoms. The maximum Gasteiger partial charge on any atom is 0.217 e. The van der Waals surface area contributed by atoms with Crippen LogP contribution in [-0.4, -0.2) is 528 Å². The molecule has 10 saturated heterocycles. The fourth-order valence-electron chi connectivity index (χ4n) is 15.8. The predicted octanol–water partition coefficient (Wildman–Crippen LogP) is -21.2. The summed E-state index contributed by atoms with van der Waals surface area (Å²) in [5.41, 5.74) is 0. The summed E-state index contributed by atoms with van der Waals surface area (Å²) in [6.07, 6.45) is -95.2. The van der Waals surface area contributed by atoms with Crippen molar-refractivity contribution in [2.45, 2.75) is 341 Å². The van der Waals surface area contributed by atoms with E-state index in [4.69, 9.17) is 90.0 Å². The number of ether oxygens (including phenoxy) is 19. The summed E-state index contributed by atoms with van der Waals surface area (Å²) >= 11 is 0. The first-order chi connectivity index (χ1) is 57.7. The zero-order valence-electron chi connectivity index (χ0n) is 65.7. The van der Waals surface area contributed by atoms with Crippen LogP contribution in [0.4, 0.5) is 0 Å². The number of aliphatic hydroxyl groups excluding tert-OH is 27. The zero-order chi connectivity index (χ0) is 89.8. The Balaban J connectivity index is 0.983. The van der Waals surface area contributed by atoms with Crippen LogP contribution in [0.2, 0.25) is 0 Å². The van der Waals surface area contributed by atoms with E-state index in [1.807, 2.05) is 0 Å². The lowest BCUT2D eigenvalue weighted by Crippen LogP contribution is -2.71. The molecule has 10 aliphatic heterocycles. The minimum absolute atomic E-state index is 0.846. The average Bonchev–Trinajstić information content (AvgIpc) is 0.770. The molecule has 0 aliphatic carbocycles. The number of hydrogen-bond donors (Lipinski definition) is 31. The molecule has 10 fully saturated rings. The third-order valence-corrected chi connectivity index (χ3v) is 22.4. The van der Waals surface area contributed by atoms with Crippen LogP contribution in [0.1, 0.15) is 34.6 Å². The maximum atomic E-state index is 13.3. The molecule has 31 N–H and O–H groups in total. The standard InChI is InChI=1S/C68H114N4O50/c1-15-33(84)43(94)48(99)63(106-15)104-14-28-55(39(90)29(59(103)107-28)69-16(2)80)116-60-30(70-17(3)81)40(91)54(26(12-79)112-60)119-66-51(102)56(120-68-58(47(98)37(88)23(9-76)111-68)122-62-32(72-19(5)83)42(93)53(25(11-78)114-62)118-65-50(101)45(96)35(86)21(7-74)109-65)38(89)27(115-66)13-105-67-57(46(97)36(87)22(8-75)110-67)121-61-31(71-18(4)82)41(92)52(24(10-77)113-61)117-64-49(100)44(95)34(85)20(6-73)108-64/h15,20-68,73-79,84-103H,6-14H2,1-5H3,(H,69,80)(H,70,81)(H,71,82)(H,72,83)/t15-,20+,21+,22+,23+,24+,25+,26+,27+,28+,29+,30+,31+,32-,33+,34-,35-,36+,37+,38+,39+,40+,41+,42+,43+,44-,45-,46-,47-,48-,49+,50+,51-,52+,53+,54+,55+,56-,57-,58-,59+,60-,61?,62?,63?,64?,65?,66-,67-,68+/m0/s1. The van der Waals surface area contributed by atoms with Gasteiger partial charge in [-0.2, -0.15) is 0 Å². The van der Waals surface area contributed by atoms with Crippen molar-refractivity contribution >= 4 is 23.6 Å². The molecule has 0 bridgehead atoms. The zero-order valence-corrected chi connectivity index (χ0v) is 65.7. The van der Waals surface area contributed by atoms with Crippen LogP contribution in [0.5, 0.6) is 0 Å². The molecule has 0 spiro atoms. The highest BCUT2D eigenvalue weighted by Crippen LogP contribution is 2.41. The number of hydrogen-bond acceptors (Lipinski definition) is 50. The van der Waals surface area contributed by atoms with Crippen molar-refractivity contribution in [1.29, 1.82) is 0 Å². The van der Waals surface area contributed by atoms with E-state index in [1.54, 1.807) is 0 Å². The second kappa shape index (κ2) is 43.6. The Morgan fingerprint density at radius 3 is 0.893 bits per heavy atom. The summed E-state index contributed by atoms with van der Waals surface area (Å²) in [7, 11) is 0. The lowest BCUT2D eigenvalue weighted by molar-refractivity contribution is -0.399. The van der Waals surface area contributed by atoms with E-state index in [9.17, 15) is 157 Å². The monoisotopic (exact) mass is 1790 g/mol. The van der Waals surface area contributed by atoms with E-state index in [0.29, 0.717) is 0 Å². The van der Waals surface area contributed by atoms with Crippen molar-refractivity contribution in [3.63, 3.8) is 0 Å². The summed E-state index contributed by atoms with van der Waals surface area (Å²) in [6, 6.07) is -7.69. The minimum atomic E-state index is -2.63. The van der Waals surface area contributed by atoms with Gasteiger partial charge in [0.2, 0.25) is 23.6 Å². The Hall–Kier alpha value is -3.96. The van der Waals surface area contributed by atoms with Gasteiger partial charge >= 0.3 is 0 Å². The van der Waals surface area contributed by atoms with Crippen molar-refractivity contribution in [3.8, 4) is 0 Å². The van der Waals surface area contributed by atoms with Gasteiger partial charge in [0.1, 0.15) is 238 Å². The van der Waals surface area contributed by atoms with Gasteiger partial charge in [0, 0.05) is 27.7 Å². The molecule has 0 aromatic heterocycles. The molecule has 0 radical (unpaired) electrons.